The number of carbonyl (C=O) groups is 2. The number of aromatic hydroxyl groups is 2. The van der Waals surface area contributed by atoms with Crippen LogP contribution in [-0.2, 0) is 17.9 Å². The Morgan fingerprint density at radius 1 is 0.800 bits per heavy atom. The molecule has 35 heavy (non-hydrogen) atoms. The Hall–Kier alpha value is -4.36. The summed E-state index contributed by atoms with van der Waals surface area (Å²) in [6, 6.07) is 18.2. The van der Waals surface area contributed by atoms with E-state index in [1.54, 1.807) is 18.3 Å². The molecule has 4 N–H and O–H groups in total. The predicted octanol–water partition coefficient (Wildman–Crippen LogP) is 3.73. The van der Waals surface area contributed by atoms with Gasteiger partial charge in [-0.3, -0.25) is 14.9 Å². The van der Waals surface area contributed by atoms with Gasteiger partial charge in [0.2, 0.25) is 0 Å². The van der Waals surface area contributed by atoms with Crippen molar-refractivity contribution in [2.45, 2.75) is 13.1 Å². The first-order valence-electron chi connectivity index (χ1n) is 11.2. The minimum atomic E-state index is -0.485. The van der Waals surface area contributed by atoms with E-state index in [2.05, 4.69) is 39.8 Å². The lowest BCUT2D eigenvalue weighted by atomic mass is 9.93. The summed E-state index contributed by atoms with van der Waals surface area (Å²) in [5, 5.41) is 24.5. The van der Waals surface area contributed by atoms with Crippen molar-refractivity contribution in [1.82, 2.24) is 15.5 Å². The van der Waals surface area contributed by atoms with Gasteiger partial charge in [-0.2, -0.15) is 0 Å². The molecule has 4 rings (SSSR count). The number of amides is 2. The number of hydrogen-bond donors (Lipinski definition) is 4. The molecule has 1 heterocycles. The fourth-order valence-corrected chi connectivity index (χ4v) is 3.83. The lowest BCUT2D eigenvalue weighted by Crippen LogP contribution is -2.37. The normalized spacial score (nSPS) is 14.4. The molecule has 3 aromatic carbocycles. The average Bonchev–Trinajstić information content (AvgIpc) is 2.82. The molecule has 0 fully saturated rings. The number of imide groups is 1. The highest BCUT2D eigenvalue weighted by Crippen LogP contribution is 2.27. The van der Waals surface area contributed by atoms with Crippen LogP contribution in [0.2, 0.25) is 0 Å². The van der Waals surface area contributed by atoms with Gasteiger partial charge in [0.15, 0.2) is 11.5 Å². The SMILES string of the molecule is CN(C)Cc1ccc(C=Cc2ccc3c(c2)C(=CNCc2ccc(O)c(O)c2)C(=O)NC3=O)cc1. The summed E-state index contributed by atoms with van der Waals surface area (Å²) in [6.07, 6.45) is 5.49. The Bertz CT molecular complexity index is 1320. The minimum Gasteiger partial charge on any atom is -0.504 e. The third-order valence-corrected chi connectivity index (χ3v) is 5.59. The van der Waals surface area contributed by atoms with E-state index in [1.807, 2.05) is 38.4 Å². The van der Waals surface area contributed by atoms with Gasteiger partial charge in [0.25, 0.3) is 11.8 Å². The predicted molar refractivity (Wildman–Crippen MR) is 136 cm³/mol. The first kappa shape index (κ1) is 23.8. The fourth-order valence-electron chi connectivity index (χ4n) is 3.83. The summed E-state index contributed by atoms with van der Waals surface area (Å²) in [7, 11) is 4.07. The maximum atomic E-state index is 12.6. The van der Waals surface area contributed by atoms with Crippen LogP contribution >= 0.6 is 0 Å². The summed E-state index contributed by atoms with van der Waals surface area (Å²) in [4.78, 5) is 27.0. The van der Waals surface area contributed by atoms with E-state index in [0.717, 1.165) is 23.2 Å². The zero-order valence-electron chi connectivity index (χ0n) is 19.6. The van der Waals surface area contributed by atoms with Crippen molar-refractivity contribution < 1.29 is 19.8 Å². The summed E-state index contributed by atoms with van der Waals surface area (Å²) >= 11 is 0. The molecule has 3 aromatic rings. The van der Waals surface area contributed by atoms with Gasteiger partial charge in [-0.1, -0.05) is 48.6 Å². The van der Waals surface area contributed by atoms with Crippen LogP contribution in [0.3, 0.4) is 0 Å². The molecule has 0 atom stereocenters. The van der Waals surface area contributed by atoms with Crippen LogP contribution < -0.4 is 10.6 Å². The largest absolute Gasteiger partial charge is 0.504 e. The van der Waals surface area contributed by atoms with Crippen molar-refractivity contribution in [3.63, 3.8) is 0 Å². The molecule has 0 radical (unpaired) electrons. The van der Waals surface area contributed by atoms with E-state index in [0.29, 0.717) is 23.2 Å². The van der Waals surface area contributed by atoms with Crippen molar-refractivity contribution in [1.29, 1.82) is 0 Å². The van der Waals surface area contributed by atoms with Crippen LogP contribution in [0.25, 0.3) is 17.7 Å². The van der Waals surface area contributed by atoms with Gasteiger partial charge in [0, 0.05) is 30.4 Å². The summed E-state index contributed by atoms with van der Waals surface area (Å²) in [6.45, 7) is 1.19. The number of benzene rings is 3. The number of hydrogen-bond acceptors (Lipinski definition) is 6. The summed E-state index contributed by atoms with van der Waals surface area (Å²) in [5.74, 6) is -1.33. The van der Waals surface area contributed by atoms with E-state index >= 15 is 0 Å². The molecule has 0 unspecified atom stereocenters. The highest BCUT2D eigenvalue weighted by Gasteiger charge is 2.27. The Balaban J connectivity index is 1.54. The Morgan fingerprint density at radius 3 is 2.20 bits per heavy atom. The first-order chi connectivity index (χ1) is 16.8. The van der Waals surface area contributed by atoms with Crippen molar-refractivity contribution >= 4 is 29.5 Å². The third kappa shape index (κ3) is 5.77. The molecule has 178 valence electrons. The number of nitrogens with one attached hydrogen (secondary N) is 2. The number of phenolic OH excluding ortho intramolecular Hbond substituents is 2. The van der Waals surface area contributed by atoms with Crippen molar-refractivity contribution in [3.8, 4) is 11.5 Å². The molecule has 0 aromatic heterocycles. The van der Waals surface area contributed by atoms with Gasteiger partial charge >= 0.3 is 0 Å². The number of nitrogens with zero attached hydrogens (tertiary/aromatic N) is 1. The zero-order chi connectivity index (χ0) is 24.9. The second-order valence-electron chi connectivity index (χ2n) is 8.66. The molecule has 7 heteroatoms. The molecule has 2 amide bonds. The third-order valence-electron chi connectivity index (χ3n) is 5.59. The fraction of sp³-hybridized carbons (Fsp3) is 0.143. The van der Waals surface area contributed by atoms with Gasteiger partial charge in [-0.25, -0.2) is 0 Å². The van der Waals surface area contributed by atoms with Crippen LogP contribution in [0.15, 0.2) is 66.9 Å². The smallest absolute Gasteiger partial charge is 0.260 e. The summed E-state index contributed by atoms with van der Waals surface area (Å²) < 4.78 is 0. The van der Waals surface area contributed by atoms with E-state index in [4.69, 9.17) is 0 Å². The first-order valence-corrected chi connectivity index (χ1v) is 11.2. The van der Waals surface area contributed by atoms with Gasteiger partial charge in [-0.05, 0) is 60.6 Å². The standard InChI is InChI=1S/C28H27N3O4/c1-31(2)17-20-7-4-18(5-8-20)3-6-19-9-11-22-23(13-19)24(28(35)30-27(22)34)16-29-15-21-10-12-25(32)26(33)14-21/h3-14,16,29,32-33H,15,17H2,1-2H3,(H,30,34,35). The van der Waals surface area contributed by atoms with Crippen LogP contribution in [-0.4, -0.2) is 41.0 Å². The zero-order valence-corrected chi connectivity index (χ0v) is 19.6. The Labute approximate surface area is 204 Å². The second-order valence-corrected chi connectivity index (χ2v) is 8.66. The average molecular weight is 470 g/mol. The van der Waals surface area contributed by atoms with Crippen molar-refractivity contribution in [2.75, 3.05) is 14.1 Å². The molecule has 0 aliphatic carbocycles. The Kier molecular flexibility index (Phi) is 6.98. The number of fused-ring (bicyclic) bond motifs is 1. The molecule has 1 aliphatic rings. The number of phenols is 2. The number of rotatable bonds is 7. The van der Waals surface area contributed by atoms with Crippen molar-refractivity contribution in [2.24, 2.45) is 0 Å². The Morgan fingerprint density at radius 2 is 1.49 bits per heavy atom. The van der Waals surface area contributed by atoms with Gasteiger partial charge in [0.05, 0.1) is 5.57 Å². The molecule has 0 saturated carbocycles. The van der Waals surface area contributed by atoms with Gasteiger partial charge in [0.1, 0.15) is 0 Å². The molecule has 0 bridgehead atoms. The summed E-state index contributed by atoms with van der Waals surface area (Å²) in [5.41, 5.74) is 5.17. The lowest BCUT2D eigenvalue weighted by molar-refractivity contribution is -0.114. The van der Waals surface area contributed by atoms with Crippen LogP contribution in [0.1, 0.15) is 38.2 Å². The molecule has 7 nitrogen and oxygen atoms in total. The van der Waals surface area contributed by atoms with E-state index in [-0.39, 0.29) is 11.5 Å². The molecular weight excluding hydrogens is 442 g/mol. The topological polar surface area (TPSA) is 102 Å². The van der Waals surface area contributed by atoms with Crippen LogP contribution in [0.5, 0.6) is 11.5 Å². The molecule has 1 aliphatic heterocycles. The van der Waals surface area contributed by atoms with E-state index in [9.17, 15) is 19.8 Å². The van der Waals surface area contributed by atoms with Crippen molar-refractivity contribution in [3.05, 3.63) is 100 Å². The van der Waals surface area contributed by atoms with E-state index < -0.39 is 11.8 Å². The minimum absolute atomic E-state index is 0.198. The van der Waals surface area contributed by atoms with E-state index in [1.165, 1.54) is 17.7 Å². The monoisotopic (exact) mass is 469 g/mol. The highest BCUT2D eigenvalue weighted by molar-refractivity contribution is 6.31. The highest BCUT2D eigenvalue weighted by atomic mass is 16.3. The maximum absolute atomic E-state index is 12.6. The molecular formula is C28H27N3O4. The van der Waals surface area contributed by atoms with Crippen LogP contribution in [0.4, 0.5) is 0 Å². The quantitative estimate of drug-likeness (QED) is 0.182. The van der Waals surface area contributed by atoms with Crippen LogP contribution in [0, 0.1) is 0 Å². The van der Waals surface area contributed by atoms with Gasteiger partial charge in [-0.15, -0.1) is 0 Å². The maximum Gasteiger partial charge on any atom is 0.260 e. The number of carbonyl (C=O) groups excluding carboxylic acids is 2. The second kappa shape index (κ2) is 10.3. The van der Waals surface area contributed by atoms with Gasteiger partial charge < -0.3 is 20.4 Å². The lowest BCUT2D eigenvalue weighted by Gasteiger charge is -2.19. The molecule has 0 spiro atoms. The molecule has 0 saturated heterocycles.